The monoisotopic (exact) mass is 249 g/mol. The molecule has 2 rings (SSSR count). The predicted molar refractivity (Wildman–Crippen MR) is 72.7 cm³/mol. The van der Waals surface area contributed by atoms with Crippen LogP contribution < -0.4 is 4.74 Å². The topological polar surface area (TPSA) is 32.7 Å². The second-order valence-electron chi connectivity index (χ2n) is 5.16. The van der Waals surface area contributed by atoms with E-state index >= 15 is 0 Å². The number of ether oxygens (including phenoxy) is 1. The molecule has 18 heavy (non-hydrogen) atoms. The Bertz CT molecular complexity index is 386. The number of aliphatic hydroxyl groups is 1. The van der Waals surface area contributed by atoms with Crippen molar-refractivity contribution in [3.63, 3.8) is 0 Å². The van der Waals surface area contributed by atoms with Crippen LogP contribution in [0.2, 0.25) is 0 Å². The fourth-order valence-electron chi connectivity index (χ4n) is 2.69. The Morgan fingerprint density at radius 1 is 1.28 bits per heavy atom. The number of hydrogen-bond acceptors (Lipinski definition) is 3. The summed E-state index contributed by atoms with van der Waals surface area (Å²) in [6, 6.07) is 8.15. The standard InChI is InChI=1S/C15H23NO2/c1-3-9-15(17)11-16(12-15)10-13-7-5-6-8-14(13)18-4-2/h5-8,17H,3-4,9-12H2,1-2H3. The largest absolute Gasteiger partial charge is 0.494 e. The molecule has 1 fully saturated rings. The van der Waals surface area contributed by atoms with Gasteiger partial charge in [0.15, 0.2) is 0 Å². The highest BCUT2D eigenvalue weighted by molar-refractivity contribution is 5.33. The SMILES string of the molecule is CCCC1(O)CN(Cc2ccccc2OCC)C1. The molecule has 0 atom stereocenters. The molecule has 1 aliphatic heterocycles. The first kappa shape index (κ1) is 13.4. The summed E-state index contributed by atoms with van der Waals surface area (Å²) < 4.78 is 5.62. The lowest BCUT2D eigenvalue weighted by Crippen LogP contribution is -2.60. The molecule has 100 valence electrons. The minimum absolute atomic E-state index is 0.449. The minimum atomic E-state index is -0.449. The lowest BCUT2D eigenvalue weighted by molar-refractivity contribution is -0.106. The number of hydrogen-bond donors (Lipinski definition) is 1. The molecule has 0 aliphatic carbocycles. The van der Waals surface area contributed by atoms with E-state index in [4.69, 9.17) is 4.74 Å². The molecule has 0 spiro atoms. The summed E-state index contributed by atoms with van der Waals surface area (Å²) in [4.78, 5) is 2.27. The van der Waals surface area contributed by atoms with Crippen molar-refractivity contribution in [3.8, 4) is 5.75 Å². The van der Waals surface area contributed by atoms with Gasteiger partial charge in [0.25, 0.3) is 0 Å². The molecule has 1 N–H and O–H groups in total. The number of β-amino-alcohol motifs (C(OH)–C–C–N with tert-alkyl or cyclic N) is 1. The molecule has 1 aromatic carbocycles. The van der Waals surface area contributed by atoms with E-state index in [9.17, 15) is 5.11 Å². The molecule has 1 aliphatic rings. The zero-order valence-electron chi connectivity index (χ0n) is 11.4. The van der Waals surface area contributed by atoms with Gasteiger partial charge < -0.3 is 9.84 Å². The molecule has 0 aromatic heterocycles. The van der Waals surface area contributed by atoms with Gasteiger partial charge >= 0.3 is 0 Å². The Hall–Kier alpha value is -1.06. The summed E-state index contributed by atoms with van der Waals surface area (Å²) in [5.74, 6) is 0.964. The van der Waals surface area contributed by atoms with Crippen LogP contribution in [0.1, 0.15) is 32.3 Å². The second kappa shape index (κ2) is 5.72. The van der Waals surface area contributed by atoms with Crippen molar-refractivity contribution >= 4 is 0 Å². The van der Waals surface area contributed by atoms with Gasteiger partial charge in [-0.05, 0) is 19.4 Å². The first-order valence-electron chi connectivity index (χ1n) is 6.82. The Morgan fingerprint density at radius 2 is 2.00 bits per heavy atom. The van der Waals surface area contributed by atoms with Crippen LogP contribution in [-0.2, 0) is 6.54 Å². The molecule has 1 aromatic rings. The molecular formula is C15H23NO2. The van der Waals surface area contributed by atoms with Crippen LogP contribution >= 0.6 is 0 Å². The Balaban J connectivity index is 1.92. The fraction of sp³-hybridized carbons (Fsp3) is 0.600. The van der Waals surface area contributed by atoms with E-state index in [1.807, 2.05) is 25.1 Å². The van der Waals surface area contributed by atoms with Crippen LogP contribution in [0.15, 0.2) is 24.3 Å². The highest BCUT2D eigenvalue weighted by atomic mass is 16.5. The zero-order valence-corrected chi connectivity index (χ0v) is 11.4. The summed E-state index contributed by atoms with van der Waals surface area (Å²) in [7, 11) is 0. The summed E-state index contributed by atoms with van der Waals surface area (Å²) in [5.41, 5.74) is 0.757. The number of likely N-dealkylation sites (tertiary alicyclic amines) is 1. The Labute approximate surface area is 109 Å². The normalized spacial score (nSPS) is 18.4. The van der Waals surface area contributed by atoms with Gasteiger partial charge in [0.05, 0.1) is 12.2 Å². The van der Waals surface area contributed by atoms with Crippen LogP contribution in [0.4, 0.5) is 0 Å². The molecule has 1 heterocycles. The van der Waals surface area contributed by atoms with E-state index in [0.29, 0.717) is 6.61 Å². The molecule has 1 saturated heterocycles. The molecule has 3 heteroatoms. The Kier molecular flexibility index (Phi) is 4.25. The summed E-state index contributed by atoms with van der Waals surface area (Å²) >= 11 is 0. The van der Waals surface area contributed by atoms with Crippen molar-refractivity contribution in [2.45, 2.75) is 38.8 Å². The summed E-state index contributed by atoms with van der Waals surface area (Å²) in [6.45, 7) is 7.23. The van der Waals surface area contributed by atoms with E-state index in [0.717, 1.165) is 38.2 Å². The van der Waals surface area contributed by atoms with Gasteiger partial charge in [-0.3, -0.25) is 4.90 Å². The van der Waals surface area contributed by atoms with E-state index in [1.165, 1.54) is 5.56 Å². The van der Waals surface area contributed by atoms with Gasteiger partial charge in [0.2, 0.25) is 0 Å². The van der Waals surface area contributed by atoms with Crippen molar-refractivity contribution in [2.75, 3.05) is 19.7 Å². The third-order valence-electron chi connectivity index (χ3n) is 3.42. The quantitative estimate of drug-likeness (QED) is 0.840. The average Bonchev–Trinajstić information content (AvgIpc) is 2.30. The first-order chi connectivity index (χ1) is 8.67. The van der Waals surface area contributed by atoms with Crippen molar-refractivity contribution < 1.29 is 9.84 Å². The smallest absolute Gasteiger partial charge is 0.123 e. The van der Waals surface area contributed by atoms with E-state index < -0.39 is 5.60 Å². The second-order valence-corrected chi connectivity index (χ2v) is 5.16. The van der Waals surface area contributed by atoms with Gasteiger partial charge in [-0.1, -0.05) is 31.5 Å². The molecule has 3 nitrogen and oxygen atoms in total. The van der Waals surface area contributed by atoms with Crippen LogP contribution in [0.3, 0.4) is 0 Å². The Morgan fingerprint density at radius 3 is 2.67 bits per heavy atom. The van der Waals surface area contributed by atoms with Gasteiger partial charge in [0, 0.05) is 25.2 Å². The number of benzene rings is 1. The van der Waals surface area contributed by atoms with Gasteiger partial charge in [0.1, 0.15) is 5.75 Å². The number of nitrogens with zero attached hydrogens (tertiary/aromatic N) is 1. The third-order valence-corrected chi connectivity index (χ3v) is 3.42. The molecule has 0 radical (unpaired) electrons. The lowest BCUT2D eigenvalue weighted by Gasteiger charge is -2.46. The van der Waals surface area contributed by atoms with E-state index in [2.05, 4.69) is 17.9 Å². The van der Waals surface area contributed by atoms with Crippen LogP contribution in [0.25, 0.3) is 0 Å². The average molecular weight is 249 g/mol. The zero-order chi connectivity index (χ0) is 13.0. The maximum absolute atomic E-state index is 10.2. The third kappa shape index (κ3) is 3.03. The van der Waals surface area contributed by atoms with Crippen molar-refractivity contribution in [1.82, 2.24) is 4.90 Å². The number of para-hydroxylation sites is 1. The number of rotatable bonds is 6. The predicted octanol–water partition coefficient (Wildman–Crippen LogP) is 2.43. The van der Waals surface area contributed by atoms with Gasteiger partial charge in [-0.2, -0.15) is 0 Å². The van der Waals surface area contributed by atoms with Crippen LogP contribution in [0, 0.1) is 0 Å². The van der Waals surface area contributed by atoms with E-state index in [1.54, 1.807) is 0 Å². The van der Waals surface area contributed by atoms with Crippen molar-refractivity contribution in [2.24, 2.45) is 0 Å². The molecule has 0 unspecified atom stereocenters. The highest BCUT2D eigenvalue weighted by Gasteiger charge is 2.39. The summed E-state index contributed by atoms with van der Waals surface area (Å²) in [5, 5.41) is 10.2. The van der Waals surface area contributed by atoms with Gasteiger partial charge in [-0.15, -0.1) is 0 Å². The first-order valence-corrected chi connectivity index (χ1v) is 6.82. The van der Waals surface area contributed by atoms with Crippen LogP contribution in [-0.4, -0.2) is 35.3 Å². The lowest BCUT2D eigenvalue weighted by atomic mass is 9.89. The summed E-state index contributed by atoms with van der Waals surface area (Å²) in [6.07, 6.45) is 1.94. The maximum Gasteiger partial charge on any atom is 0.123 e. The molecule has 0 amide bonds. The van der Waals surface area contributed by atoms with Crippen molar-refractivity contribution in [1.29, 1.82) is 0 Å². The fourth-order valence-corrected chi connectivity index (χ4v) is 2.69. The van der Waals surface area contributed by atoms with Crippen molar-refractivity contribution in [3.05, 3.63) is 29.8 Å². The molecule has 0 saturated carbocycles. The molecule has 0 bridgehead atoms. The highest BCUT2D eigenvalue weighted by Crippen LogP contribution is 2.29. The maximum atomic E-state index is 10.2. The van der Waals surface area contributed by atoms with Crippen LogP contribution in [0.5, 0.6) is 5.75 Å². The van der Waals surface area contributed by atoms with E-state index in [-0.39, 0.29) is 0 Å². The molecular weight excluding hydrogens is 226 g/mol. The minimum Gasteiger partial charge on any atom is -0.494 e. The van der Waals surface area contributed by atoms with Gasteiger partial charge in [-0.25, -0.2) is 0 Å².